The van der Waals surface area contributed by atoms with Gasteiger partial charge in [-0.2, -0.15) is 0 Å². The van der Waals surface area contributed by atoms with Crippen LogP contribution in [-0.4, -0.2) is 48.5 Å². The van der Waals surface area contributed by atoms with Gasteiger partial charge in [-0.05, 0) is 32.3 Å². The summed E-state index contributed by atoms with van der Waals surface area (Å²) in [4.78, 5) is 22.6. The van der Waals surface area contributed by atoms with Crippen LogP contribution in [0.5, 0.6) is 5.75 Å². The van der Waals surface area contributed by atoms with E-state index in [1.54, 1.807) is 24.3 Å². The highest BCUT2D eigenvalue weighted by molar-refractivity contribution is 6.31. The van der Waals surface area contributed by atoms with Crippen LogP contribution < -0.4 is 15.4 Å². The number of benzene rings is 2. The number of aromatic nitrogens is 2. The van der Waals surface area contributed by atoms with Gasteiger partial charge in [0.05, 0.1) is 29.0 Å². The Morgan fingerprint density at radius 2 is 2.13 bits per heavy atom. The number of methoxy groups -OCH3 is 1. The second-order valence-corrected chi connectivity index (χ2v) is 7.01. The molecule has 0 spiro atoms. The van der Waals surface area contributed by atoms with Gasteiger partial charge in [-0.25, -0.2) is 14.4 Å². The predicted molar refractivity (Wildman–Crippen MR) is 117 cm³/mol. The molecule has 0 atom stereocenters. The third-order valence-corrected chi connectivity index (χ3v) is 4.38. The smallest absolute Gasteiger partial charge is 0.248 e. The molecule has 0 aliphatic carbocycles. The lowest BCUT2D eigenvalue weighted by Crippen LogP contribution is -2.13. The first-order valence-electron chi connectivity index (χ1n) is 9.44. The van der Waals surface area contributed by atoms with E-state index in [4.69, 9.17) is 17.7 Å². The fourth-order valence-electron chi connectivity index (χ4n) is 2.66. The lowest BCUT2D eigenvalue weighted by molar-refractivity contribution is -0.111. The number of anilines is 3. The Labute approximate surface area is 180 Å². The molecule has 0 unspecified atom stereocenters. The van der Waals surface area contributed by atoms with E-state index in [9.17, 15) is 9.18 Å². The zero-order valence-corrected chi connectivity index (χ0v) is 17.4. The quantitative estimate of drug-likeness (QED) is 0.546. The maximum Gasteiger partial charge on any atom is 0.248 e. The highest BCUT2D eigenvalue weighted by Gasteiger charge is 2.14. The summed E-state index contributed by atoms with van der Waals surface area (Å²) in [5.41, 5.74) is 0.758. The Kier molecular flexibility index (Phi) is 6.36. The van der Waals surface area contributed by atoms with Crippen LogP contribution in [0, 0.1) is 5.82 Å². The van der Waals surface area contributed by atoms with E-state index in [1.807, 2.05) is 19.0 Å². The van der Waals surface area contributed by atoms with E-state index in [-0.39, 0.29) is 22.4 Å². The highest BCUT2D eigenvalue weighted by Crippen LogP contribution is 2.34. The normalized spacial score (nSPS) is 11.7. The molecule has 1 aromatic heterocycles. The van der Waals surface area contributed by atoms with Gasteiger partial charge in [-0.15, -0.1) is 0 Å². The van der Waals surface area contributed by atoms with Crippen LogP contribution in [0.25, 0.3) is 10.9 Å². The number of carbonyl (C=O) groups is 1. The summed E-state index contributed by atoms with van der Waals surface area (Å²) in [5.74, 6) is -0.579. The Bertz CT molecular complexity index is 1140. The molecule has 30 heavy (non-hydrogen) atoms. The number of hydrogen-bond donors (Lipinski definition) is 2. The molecule has 0 bridgehead atoms. The molecular weight excluding hydrogens is 409 g/mol. The van der Waals surface area contributed by atoms with Crippen LogP contribution in [0.15, 0.2) is 48.8 Å². The molecule has 9 heteroatoms. The van der Waals surface area contributed by atoms with Gasteiger partial charge < -0.3 is 20.3 Å². The lowest BCUT2D eigenvalue weighted by atomic mass is 10.1. The van der Waals surface area contributed by atoms with Crippen molar-refractivity contribution in [2.24, 2.45) is 0 Å². The van der Waals surface area contributed by atoms with E-state index in [0.717, 1.165) is 5.31 Å². The van der Waals surface area contributed by atoms with Crippen LogP contribution >= 0.6 is 11.6 Å². The van der Waals surface area contributed by atoms with Gasteiger partial charge in [-0.1, -0.05) is 23.7 Å². The molecule has 3 aromatic rings. The van der Waals surface area contributed by atoms with E-state index in [2.05, 4.69) is 15.3 Å². The van der Waals surface area contributed by atoms with Crippen LogP contribution in [0.4, 0.5) is 21.6 Å². The molecule has 0 aliphatic rings. The highest BCUT2D eigenvalue weighted by atomic mass is 35.5. The fraction of sp³-hybridized carbons (Fsp3) is 0.190. The van der Waals surface area contributed by atoms with Crippen molar-refractivity contribution in [1.82, 2.24) is 14.9 Å². The monoisotopic (exact) mass is 430 g/mol. The molecule has 2 N–H and O–H groups in total. The summed E-state index contributed by atoms with van der Waals surface area (Å²) in [6.07, 6.45) is 4.42. The van der Waals surface area contributed by atoms with E-state index >= 15 is 0 Å². The Morgan fingerprint density at radius 3 is 2.87 bits per heavy atom. The van der Waals surface area contributed by atoms with Crippen LogP contribution in [0.2, 0.25) is 6.43 Å². The topological polar surface area (TPSA) is 79.4 Å². The predicted octanol–water partition coefficient (Wildman–Crippen LogP) is 4.23. The van der Waals surface area contributed by atoms with Crippen molar-refractivity contribution in [3.8, 4) is 5.75 Å². The van der Waals surface area contributed by atoms with Crippen LogP contribution in [-0.2, 0) is 4.79 Å². The zero-order valence-electron chi connectivity index (χ0n) is 17.7. The lowest BCUT2D eigenvalue weighted by Gasteiger charge is -2.13. The van der Waals surface area contributed by atoms with Gasteiger partial charge in [-0.3, -0.25) is 4.79 Å². The standard InChI is InChI=1S/C21H21ClFN5O2/c1-28(2)9-5-8-19(29)26-17-10-13-16(11-18(17)30-3)24-12-25-21(13)27-15-7-4-6-14(22)20(15)23/h4-8,10-12H,9H2,1-3H3,(H,26,29)(H,24,25,27)/b8-5+/i/hD. The van der Waals surface area contributed by atoms with Crippen molar-refractivity contribution in [1.29, 1.82) is 0 Å². The summed E-state index contributed by atoms with van der Waals surface area (Å²) >= 11 is 5.86. The molecule has 2 aromatic carbocycles. The van der Waals surface area contributed by atoms with E-state index in [1.165, 1.54) is 31.6 Å². The number of ether oxygens (including phenoxy) is 1. The second kappa shape index (κ2) is 9.51. The minimum Gasteiger partial charge on any atom is -0.494 e. The number of carbonyl (C=O) groups excluding carboxylic acids is 1. The molecule has 0 radical (unpaired) electrons. The number of amides is 1. The average molecular weight is 431 g/mol. The van der Waals surface area contributed by atoms with Crippen molar-refractivity contribution < 1.29 is 15.3 Å². The Balaban J connectivity index is 2.03. The number of fused-ring (bicyclic) bond motifs is 1. The third kappa shape index (κ3) is 5.03. The van der Waals surface area contributed by atoms with E-state index < -0.39 is 5.82 Å². The zero-order chi connectivity index (χ0) is 22.5. The maximum absolute atomic E-state index is 14.5. The minimum absolute atomic E-state index is 0.0690. The van der Waals surface area contributed by atoms with E-state index in [0.29, 0.717) is 28.9 Å². The average Bonchev–Trinajstić information content (AvgIpc) is 2.74. The summed E-state index contributed by atoms with van der Waals surface area (Å²) in [7, 11) is 5.26. The van der Waals surface area contributed by atoms with Crippen molar-refractivity contribution in [3.63, 3.8) is 0 Å². The molecule has 0 aliphatic heterocycles. The van der Waals surface area contributed by atoms with Gasteiger partial charge in [0, 0.05) is 24.1 Å². The van der Waals surface area contributed by atoms with Gasteiger partial charge in [0.15, 0.2) is 7.23 Å². The molecular formula is C21H21ClFN5O2. The van der Waals surface area contributed by atoms with Crippen molar-refractivity contribution in [3.05, 3.63) is 59.7 Å². The number of nitrogens with zero attached hydrogens (tertiary/aromatic N) is 3. The van der Waals surface area contributed by atoms with Crippen molar-refractivity contribution >= 4 is 45.6 Å². The molecule has 7 nitrogen and oxygen atoms in total. The third-order valence-electron chi connectivity index (χ3n) is 4.09. The Hall–Kier alpha value is -3.23. The SMILES string of the molecule is [2H]N(c1cccc(Cl)c1F)c1ncnc2cc(OC)c(NC(=O)/C=C/CN(C)C)cc12. The van der Waals surface area contributed by atoms with Crippen LogP contribution in [0.1, 0.15) is 0 Å². The molecule has 0 saturated heterocycles. The summed E-state index contributed by atoms with van der Waals surface area (Å²) in [6, 6.07) is 7.56. The summed E-state index contributed by atoms with van der Waals surface area (Å²) < 4.78 is 28.3. The number of hydrogen-bond acceptors (Lipinski definition) is 6. The van der Waals surface area contributed by atoms with Crippen LogP contribution in [0.3, 0.4) is 0 Å². The molecule has 1 amide bonds. The number of likely N-dealkylation sites (N-methyl/N-ethyl adjacent to an activating group) is 1. The van der Waals surface area contributed by atoms with Gasteiger partial charge in [0.1, 0.15) is 17.9 Å². The molecule has 0 fully saturated rings. The Morgan fingerprint density at radius 1 is 1.33 bits per heavy atom. The van der Waals surface area contributed by atoms with Gasteiger partial charge >= 0.3 is 0 Å². The second-order valence-electron chi connectivity index (χ2n) is 6.61. The summed E-state index contributed by atoms with van der Waals surface area (Å²) in [5, 5.41) is 3.90. The largest absolute Gasteiger partial charge is 0.494 e. The fourth-order valence-corrected chi connectivity index (χ4v) is 2.83. The number of halogens is 2. The molecule has 156 valence electrons. The van der Waals surface area contributed by atoms with Gasteiger partial charge in [0.2, 0.25) is 5.91 Å². The molecule has 0 saturated carbocycles. The number of rotatable bonds is 7. The first-order valence-corrected chi connectivity index (χ1v) is 9.37. The van der Waals surface area contributed by atoms with Gasteiger partial charge in [0.25, 0.3) is 0 Å². The first kappa shape index (κ1) is 20.1. The minimum atomic E-state index is -0.737. The number of nitrogens with one attached hydrogen (secondary N) is 2. The van der Waals surface area contributed by atoms with Crippen molar-refractivity contribution in [2.45, 2.75) is 0 Å². The molecule has 3 rings (SSSR count). The maximum atomic E-state index is 14.5. The summed E-state index contributed by atoms with van der Waals surface area (Å²) in [6.45, 7) is 0.610. The molecule has 1 heterocycles. The van der Waals surface area contributed by atoms with Crippen molar-refractivity contribution in [2.75, 3.05) is 38.4 Å². The first-order chi connectivity index (χ1) is 14.8.